The molecular weight excluding hydrogens is 240 g/mol. The molecule has 100 valence electrons. The van der Waals surface area contributed by atoms with E-state index in [2.05, 4.69) is 15.6 Å². The number of amides is 1. The van der Waals surface area contributed by atoms with E-state index in [0.717, 1.165) is 36.5 Å². The minimum atomic E-state index is 0.110. The van der Waals surface area contributed by atoms with E-state index in [0.29, 0.717) is 6.54 Å². The van der Waals surface area contributed by atoms with Gasteiger partial charge in [-0.1, -0.05) is 6.07 Å². The van der Waals surface area contributed by atoms with Crippen LogP contribution in [0.5, 0.6) is 0 Å². The van der Waals surface area contributed by atoms with Gasteiger partial charge >= 0.3 is 0 Å². The van der Waals surface area contributed by atoms with Gasteiger partial charge in [-0.15, -0.1) is 0 Å². The predicted molar refractivity (Wildman–Crippen MR) is 72.8 cm³/mol. The van der Waals surface area contributed by atoms with Gasteiger partial charge in [-0.25, -0.2) is 4.98 Å². The Morgan fingerprint density at radius 3 is 3.21 bits per heavy atom. The van der Waals surface area contributed by atoms with Gasteiger partial charge in [-0.05, 0) is 32.0 Å². The van der Waals surface area contributed by atoms with Gasteiger partial charge in [0, 0.05) is 18.4 Å². The van der Waals surface area contributed by atoms with Crippen LogP contribution < -0.4 is 10.6 Å². The van der Waals surface area contributed by atoms with Gasteiger partial charge in [0.15, 0.2) is 0 Å². The van der Waals surface area contributed by atoms with Crippen molar-refractivity contribution in [3.63, 3.8) is 0 Å². The van der Waals surface area contributed by atoms with E-state index < -0.39 is 0 Å². The van der Waals surface area contributed by atoms with Gasteiger partial charge in [0.05, 0.1) is 18.2 Å². The van der Waals surface area contributed by atoms with Crippen molar-refractivity contribution in [2.24, 2.45) is 5.92 Å². The fourth-order valence-corrected chi connectivity index (χ4v) is 2.48. The Morgan fingerprint density at radius 1 is 1.58 bits per heavy atom. The molecule has 1 unspecified atom stereocenters. The lowest BCUT2D eigenvalue weighted by atomic mass is 10.1. The van der Waals surface area contributed by atoms with Gasteiger partial charge in [0.1, 0.15) is 5.65 Å². The van der Waals surface area contributed by atoms with Crippen LogP contribution in [0.1, 0.15) is 17.8 Å². The smallest absolute Gasteiger partial charge is 0.224 e. The minimum absolute atomic E-state index is 0.110. The van der Waals surface area contributed by atoms with Crippen molar-refractivity contribution in [1.29, 1.82) is 0 Å². The number of pyridine rings is 1. The van der Waals surface area contributed by atoms with Gasteiger partial charge in [-0.2, -0.15) is 0 Å². The fourth-order valence-electron chi connectivity index (χ4n) is 2.48. The zero-order chi connectivity index (χ0) is 13.2. The van der Waals surface area contributed by atoms with E-state index in [9.17, 15) is 4.79 Å². The Balaban J connectivity index is 1.68. The van der Waals surface area contributed by atoms with Gasteiger partial charge in [0.2, 0.25) is 5.91 Å². The maximum absolute atomic E-state index is 11.9. The Morgan fingerprint density at radius 2 is 2.47 bits per heavy atom. The van der Waals surface area contributed by atoms with Crippen LogP contribution in [0, 0.1) is 12.8 Å². The summed E-state index contributed by atoms with van der Waals surface area (Å²) in [5.41, 5.74) is 2.96. The zero-order valence-electron chi connectivity index (χ0n) is 11.0. The summed E-state index contributed by atoms with van der Waals surface area (Å²) in [7, 11) is 0. The van der Waals surface area contributed by atoms with Crippen LogP contribution in [0.15, 0.2) is 24.4 Å². The number of hydrogen-bond acceptors (Lipinski definition) is 3. The second-order valence-corrected chi connectivity index (χ2v) is 5.04. The first kappa shape index (κ1) is 12.2. The molecular formula is C14H18N4O. The SMILES string of the molecule is Cc1cccc2nc(CNC(=O)C3CCNC3)cn12. The van der Waals surface area contributed by atoms with Crippen molar-refractivity contribution in [2.45, 2.75) is 19.9 Å². The maximum atomic E-state index is 11.9. The van der Waals surface area contributed by atoms with Gasteiger partial charge < -0.3 is 15.0 Å². The average molecular weight is 258 g/mol. The number of imidazole rings is 1. The Kier molecular flexibility index (Phi) is 3.21. The lowest BCUT2D eigenvalue weighted by Gasteiger charge is -2.08. The molecule has 0 aromatic carbocycles. The summed E-state index contributed by atoms with van der Waals surface area (Å²) in [4.78, 5) is 16.4. The molecule has 1 atom stereocenters. The molecule has 3 rings (SSSR count). The normalized spacial score (nSPS) is 18.9. The second-order valence-electron chi connectivity index (χ2n) is 5.04. The molecule has 1 aliphatic rings. The molecule has 1 saturated heterocycles. The van der Waals surface area contributed by atoms with E-state index in [1.165, 1.54) is 0 Å². The first-order chi connectivity index (χ1) is 9.24. The van der Waals surface area contributed by atoms with Crippen molar-refractivity contribution in [2.75, 3.05) is 13.1 Å². The highest BCUT2D eigenvalue weighted by atomic mass is 16.1. The van der Waals surface area contributed by atoms with Crippen LogP contribution in [0.25, 0.3) is 5.65 Å². The third-order valence-corrected chi connectivity index (χ3v) is 3.62. The summed E-state index contributed by atoms with van der Waals surface area (Å²) in [6, 6.07) is 6.00. The number of hydrogen-bond donors (Lipinski definition) is 2. The topological polar surface area (TPSA) is 58.4 Å². The number of rotatable bonds is 3. The van der Waals surface area contributed by atoms with Crippen LogP contribution in [0.2, 0.25) is 0 Å². The maximum Gasteiger partial charge on any atom is 0.224 e. The number of carbonyl (C=O) groups excluding carboxylic acids is 1. The van der Waals surface area contributed by atoms with Crippen molar-refractivity contribution in [3.05, 3.63) is 35.8 Å². The van der Waals surface area contributed by atoms with Crippen molar-refractivity contribution >= 4 is 11.6 Å². The van der Waals surface area contributed by atoms with E-state index in [1.807, 2.05) is 35.7 Å². The van der Waals surface area contributed by atoms with Crippen molar-refractivity contribution in [3.8, 4) is 0 Å². The fraction of sp³-hybridized carbons (Fsp3) is 0.429. The molecule has 0 aliphatic carbocycles. The summed E-state index contributed by atoms with van der Waals surface area (Å²) in [6.45, 7) is 4.26. The molecule has 1 fully saturated rings. The number of nitrogens with zero attached hydrogens (tertiary/aromatic N) is 2. The van der Waals surface area contributed by atoms with E-state index >= 15 is 0 Å². The zero-order valence-corrected chi connectivity index (χ0v) is 11.0. The predicted octanol–water partition coefficient (Wildman–Crippen LogP) is 0.868. The van der Waals surface area contributed by atoms with E-state index in [1.54, 1.807) is 0 Å². The van der Waals surface area contributed by atoms with Gasteiger partial charge in [0.25, 0.3) is 0 Å². The first-order valence-electron chi connectivity index (χ1n) is 6.66. The lowest BCUT2D eigenvalue weighted by molar-refractivity contribution is -0.124. The molecule has 0 bridgehead atoms. The molecule has 0 radical (unpaired) electrons. The third-order valence-electron chi connectivity index (χ3n) is 3.62. The minimum Gasteiger partial charge on any atom is -0.350 e. The van der Waals surface area contributed by atoms with Crippen molar-refractivity contribution < 1.29 is 4.79 Å². The molecule has 2 N–H and O–H groups in total. The molecule has 0 spiro atoms. The number of fused-ring (bicyclic) bond motifs is 1. The summed E-state index contributed by atoms with van der Waals surface area (Å²) in [5, 5.41) is 6.17. The number of aromatic nitrogens is 2. The third kappa shape index (κ3) is 2.46. The Labute approximate surface area is 112 Å². The molecule has 1 aliphatic heterocycles. The quantitative estimate of drug-likeness (QED) is 0.859. The summed E-state index contributed by atoms with van der Waals surface area (Å²) in [5.74, 6) is 0.234. The van der Waals surface area contributed by atoms with E-state index in [-0.39, 0.29) is 11.8 Å². The summed E-state index contributed by atoms with van der Waals surface area (Å²) < 4.78 is 2.04. The monoisotopic (exact) mass is 258 g/mol. The van der Waals surface area contributed by atoms with Gasteiger partial charge in [-0.3, -0.25) is 4.79 Å². The lowest BCUT2D eigenvalue weighted by Crippen LogP contribution is -2.31. The summed E-state index contributed by atoms with van der Waals surface area (Å²) >= 11 is 0. The molecule has 5 heteroatoms. The highest BCUT2D eigenvalue weighted by molar-refractivity contribution is 5.79. The summed E-state index contributed by atoms with van der Waals surface area (Å²) in [6.07, 6.45) is 2.91. The van der Waals surface area contributed by atoms with Crippen LogP contribution in [-0.4, -0.2) is 28.4 Å². The number of nitrogens with one attached hydrogen (secondary N) is 2. The molecule has 3 heterocycles. The number of aryl methyl sites for hydroxylation is 1. The van der Waals surface area contributed by atoms with Crippen molar-refractivity contribution in [1.82, 2.24) is 20.0 Å². The van der Waals surface area contributed by atoms with Crippen LogP contribution in [0.3, 0.4) is 0 Å². The Hall–Kier alpha value is -1.88. The first-order valence-corrected chi connectivity index (χ1v) is 6.66. The molecule has 0 saturated carbocycles. The Bertz CT molecular complexity index is 599. The molecule has 1 amide bonds. The van der Waals surface area contributed by atoms with E-state index in [4.69, 9.17) is 0 Å². The average Bonchev–Trinajstić information content (AvgIpc) is 3.05. The molecule has 5 nitrogen and oxygen atoms in total. The standard InChI is InChI=1S/C14H18N4O/c1-10-3-2-4-13-17-12(9-18(10)13)8-16-14(19)11-5-6-15-7-11/h2-4,9,11,15H,5-8H2,1H3,(H,16,19). The van der Waals surface area contributed by atoms with Crippen LogP contribution >= 0.6 is 0 Å². The molecule has 2 aromatic heterocycles. The molecule has 2 aromatic rings. The number of carbonyl (C=O) groups is 1. The largest absolute Gasteiger partial charge is 0.350 e. The van der Waals surface area contributed by atoms with Crippen LogP contribution in [0.4, 0.5) is 0 Å². The molecule has 19 heavy (non-hydrogen) atoms. The van der Waals surface area contributed by atoms with Crippen LogP contribution in [-0.2, 0) is 11.3 Å². The highest BCUT2D eigenvalue weighted by Crippen LogP contribution is 2.10. The highest BCUT2D eigenvalue weighted by Gasteiger charge is 2.22. The second kappa shape index (κ2) is 5.01.